The molecule has 1 rings (SSSR count). The highest BCUT2D eigenvalue weighted by Gasteiger charge is 2.13. The third-order valence-electron chi connectivity index (χ3n) is 2.62. The highest BCUT2D eigenvalue weighted by atomic mass is 16.3. The van der Waals surface area contributed by atoms with E-state index in [2.05, 4.69) is 22.4 Å². The molecule has 0 aliphatic rings. The third-order valence-corrected chi connectivity index (χ3v) is 2.62. The Kier molecular flexibility index (Phi) is 5.15. The number of carbonyl (C=O) groups is 1. The summed E-state index contributed by atoms with van der Waals surface area (Å²) in [5, 5.41) is 19.0. The molecule has 0 fully saturated rings. The molecule has 1 amide bonds. The number of aliphatic hydroxyl groups is 1. The number of nitrogens with one attached hydrogen (secondary N) is 2. The van der Waals surface area contributed by atoms with Gasteiger partial charge in [-0.2, -0.15) is 5.10 Å². The number of hydrogen-bond donors (Lipinski definition) is 3. The van der Waals surface area contributed by atoms with E-state index in [1.165, 1.54) is 0 Å². The maximum absolute atomic E-state index is 11.7. The summed E-state index contributed by atoms with van der Waals surface area (Å²) in [7, 11) is 0. The van der Waals surface area contributed by atoms with Crippen molar-refractivity contribution in [1.82, 2.24) is 15.5 Å². The number of H-pyrrole nitrogens is 1. The Labute approximate surface area is 102 Å². The first-order chi connectivity index (χ1) is 8.04. The summed E-state index contributed by atoms with van der Waals surface area (Å²) >= 11 is 0. The summed E-state index contributed by atoms with van der Waals surface area (Å²) in [5.41, 5.74) is 1.34. The number of aromatic amines is 1. The van der Waals surface area contributed by atoms with Gasteiger partial charge in [-0.1, -0.05) is 27.2 Å². The first-order valence-corrected chi connectivity index (χ1v) is 6.05. The summed E-state index contributed by atoms with van der Waals surface area (Å²) in [4.78, 5) is 11.7. The normalized spacial score (nSPS) is 12.8. The topological polar surface area (TPSA) is 78.0 Å². The minimum Gasteiger partial charge on any atom is -0.391 e. The van der Waals surface area contributed by atoms with Gasteiger partial charge in [0.25, 0.3) is 5.91 Å². The molecular formula is C12H21N3O2. The summed E-state index contributed by atoms with van der Waals surface area (Å²) in [6.45, 7) is 6.14. The lowest BCUT2D eigenvalue weighted by Crippen LogP contribution is -2.34. The molecule has 0 aliphatic carbocycles. The number of aryl methyl sites for hydroxylation is 1. The minimum atomic E-state index is -0.520. The van der Waals surface area contributed by atoms with Crippen LogP contribution in [0.3, 0.4) is 0 Å². The molecule has 0 aliphatic heterocycles. The van der Waals surface area contributed by atoms with Crippen LogP contribution in [0.15, 0.2) is 6.07 Å². The Morgan fingerprint density at radius 2 is 2.29 bits per heavy atom. The molecular weight excluding hydrogens is 218 g/mol. The molecule has 1 unspecified atom stereocenters. The number of rotatable bonds is 6. The lowest BCUT2D eigenvalue weighted by molar-refractivity contribution is 0.0867. The smallest absolute Gasteiger partial charge is 0.271 e. The second-order valence-electron chi connectivity index (χ2n) is 4.55. The van der Waals surface area contributed by atoms with Crippen molar-refractivity contribution in [2.75, 3.05) is 6.54 Å². The van der Waals surface area contributed by atoms with Crippen LogP contribution < -0.4 is 5.32 Å². The quantitative estimate of drug-likeness (QED) is 0.696. The molecule has 0 spiro atoms. The largest absolute Gasteiger partial charge is 0.391 e. The van der Waals surface area contributed by atoms with Crippen LogP contribution in [0.5, 0.6) is 0 Å². The molecule has 1 atom stereocenters. The van der Waals surface area contributed by atoms with Crippen molar-refractivity contribution in [3.05, 3.63) is 17.5 Å². The Morgan fingerprint density at radius 3 is 2.88 bits per heavy atom. The molecule has 1 aromatic heterocycles. The molecule has 3 N–H and O–H groups in total. The molecule has 5 heteroatoms. The molecule has 0 radical (unpaired) electrons. The summed E-state index contributed by atoms with van der Waals surface area (Å²) in [5.74, 6) is -0.117. The molecule has 0 bridgehead atoms. The van der Waals surface area contributed by atoms with Crippen molar-refractivity contribution in [3.8, 4) is 0 Å². The zero-order valence-electron chi connectivity index (χ0n) is 10.7. The molecule has 1 heterocycles. The number of amides is 1. The van der Waals surface area contributed by atoms with E-state index in [4.69, 9.17) is 0 Å². The summed E-state index contributed by atoms with van der Waals surface area (Å²) in [6.07, 6.45) is 1.37. The number of aromatic nitrogens is 2. The van der Waals surface area contributed by atoms with Gasteiger partial charge >= 0.3 is 0 Å². The molecule has 0 aromatic carbocycles. The van der Waals surface area contributed by atoms with Crippen LogP contribution in [-0.2, 0) is 6.42 Å². The average molecular weight is 239 g/mol. The highest BCUT2D eigenvalue weighted by Crippen LogP contribution is 2.03. The van der Waals surface area contributed by atoms with Crippen LogP contribution in [0.4, 0.5) is 0 Å². The predicted molar refractivity (Wildman–Crippen MR) is 65.8 cm³/mol. The van der Waals surface area contributed by atoms with Gasteiger partial charge in [0.15, 0.2) is 0 Å². The van der Waals surface area contributed by atoms with Gasteiger partial charge in [0.2, 0.25) is 0 Å². The monoisotopic (exact) mass is 239 g/mol. The van der Waals surface area contributed by atoms with Crippen molar-refractivity contribution in [3.63, 3.8) is 0 Å². The van der Waals surface area contributed by atoms with Gasteiger partial charge in [-0.15, -0.1) is 0 Å². The van der Waals surface area contributed by atoms with E-state index in [1.807, 2.05) is 13.8 Å². The van der Waals surface area contributed by atoms with E-state index in [1.54, 1.807) is 6.07 Å². The second-order valence-corrected chi connectivity index (χ2v) is 4.55. The second kappa shape index (κ2) is 6.39. The average Bonchev–Trinajstić information content (AvgIpc) is 2.74. The fourth-order valence-electron chi connectivity index (χ4n) is 1.40. The van der Waals surface area contributed by atoms with Crippen molar-refractivity contribution in [1.29, 1.82) is 0 Å². The predicted octanol–water partition coefficient (Wildman–Crippen LogP) is 1.11. The first-order valence-electron chi connectivity index (χ1n) is 6.05. The van der Waals surface area contributed by atoms with Gasteiger partial charge in [-0.05, 0) is 18.4 Å². The van der Waals surface area contributed by atoms with E-state index in [0.717, 1.165) is 18.5 Å². The van der Waals surface area contributed by atoms with Gasteiger partial charge in [0.05, 0.1) is 6.10 Å². The molecule has 1 aromatic rings. The molecule has 0 saturated heterocycles. The van der Waals surface area contributed by atoms with E-state index in [0.29, 0.717) is 5.69 Å². The first kappa shape index (κ1) is 13.7. The maximum Gasteiger partial charge on any atom is 0.271 e. The van der Waals surface area contributed by atoms with Gasteiger partial charge in [0, 0.05) is 12.2 Å². The van der Waals surface area contributed by atoms with Crippen molar-refractivity contribution >= 4 is 5.91 Å². The fourth-order valence-corrected chi connectivity index (χ4v) is 1.40. The molecule has 96 valence electrons. The summed E-state index contributed by atoms with van der Waals surface area (Å²) in [6, 6.07) is 1.75. The standard InChI is InChI=1S/C12H21N3O2/c1-4-5-9-6-10(15-14-9)12(17)13-7-11(16)8(2)3/h6,8,11,16H,4-5,7H2,1-3H3,(H,13,17)(H,14,15). The van der Waals surface area contributed by atoms with Crippen LogP contribution in [0.2, 0.25) is 0 Å². The van der Waals surface area contributed by atoms with Gasteiger partial charge in [-0.3, -0.25) is 9.89 Å². The van der Waals surface area contributed by atoms with E-state index in [-0.39, 0.29) is 18.4 Å². The fraction of sp³-hybridized carbons (Fsp3) is 0.667. The van der Waals surface area contributed by atoms with Crippen molar-refractivity contribution in [2.24, 2.45) is 5.92 Å². The zero-order valence-corrected chi connectivity index (χ0v) is 10.7. The SMILES string of the molecule is CCCc1cc(C(=O)NCC(O)C(C)C)n[nH]1. The van der Waals surface area contributed by atoms with Crippen LogP contribution in [0.25, 0.3) is 0 Å². The minimum absolute atomic E-state index is 0.130. The van der Waals surface area contributed by atoms with Gasteiger partial charge in [-0.25, -0.2) is 0 Å². The van der Waals surface area contributed by atoms with E-state index >= 15 is 0 Å². The van der Waals surface area contributed by atoms with Crippen molar-refractivity contribution < 1.29 is 9.90 Å². The molecule has 5 nitrogen and oxygen atoms in total. The lowest BCUT2D eigenvalue weighted by Gasteiger charge is -2.14. The molecule has 0 saturated carbocycles. The third kappa shape index (κ3) is 4.19. The number of carbonyl (C=O) groups excluding carboxylic acids is 1. The van der Waals surface area contributed by atoms with E-state index < -0.39 is 6.10 Å². The Morgan fingerprint density at radius 1 is 1.59 bits per heavy atom. The highest BCUT2D eigenvalue weighted by molar-refractivity contribution is 5.92. The van der Waals surface area contributed by atoms with Gasteiger partial charge < -0.3 is 10.4 Å². The molecule has 17 heavy (non-hydrogen) atoms. The number of aliphatic hydroxyl groups excluding tert-OH is 1. The van der Waals surface area contributed by atoms with Crippen LogP contribution >= 0.6 is 0 Å². The number of hydrogen-bond acceptors (Lipinski definition) is 3. The lowest BCUT2D eigenvalue weighted by atomic mass is 10.1. The van der Waals surface area contributed by atoms with Crippen molar-refractivity contribution in [2.45, 2.75) is 39.7 Å². The summed E-state index contributed by atoms with van der Waals surface area (Å²) < 4.78 is 0. The Bertz CT molecular complexity index is 360. The number of nitrogens with zero attached hydrogens (tertiary/aromatic N) is 1. The zero-order chi connectivity index (χ0) is 12.8. The van der Waals surface area contributed by atoms with Crippen LogP contribution in [0.1, 0.15) is 43.4 Å². The van der Waals surface area contributed by atoms with Crippen LogP contribution in [0, 0.1) is 5.92 Å². The Balaban J connectivity index is 2.46. The van der Waals surface area contributed by atoms with Gasteiger partial charge in [0.1, 0.15) is 5.69 Å². The maximum atomic E-state index is 11.7. The Hall–Kier alpha value is -1.36. The van der Waals surface area contributed by atoms with Crippen LogP contribution in [-0.4, -0.2) is 33.9 Å². The van der Waals surface area contributed by atoms with E-state index in [9.17, 15) is 9.90 Å².